The number of methoxy groups -OCH3 is 1. The Kier molecular flexibility index (Phi) is 7.09. The van der Waals surface area contributed by atoms with Crippen molar-refractivity contribution in [2.75, 3.05) is 28.4 Å². The number of carbonyl (C=O) groups excluding carboxylic acids is 1. The van der Waals surface area contributed by atoms with Crippen LogP contribution in [0, 0.1) is 6.92 Å². The Morgan fingerprint density at radius 1 is 1.24 bits per heavy atom. The molecule has 2 aromatic rings. The molecular formula is C23H29N5O4S. The molecular weight excluding hydrogens is 442 g/mol. The number of aliphatic carboxylic acids is 1. The van der Waals surface area contributed by atoms with E-state index >= 15 is 0 Å². The maximum atomic E-state index is 13.2. The Bertz CT molecular complexity index is 1110. The van der Waals surface area contributed by atoms with E-state index in [9.17, 15) is 9.59 Å². The van der Waals surface area contributed by atoms with Crippen molar-refractivity contribution in [2.45, 2.75) is 32.1 Å². The molecule has 7 N–H and O–H groups in total. The summed E-state index contributed by atoms with van der Waals surface area (Å²) in [6, 6.07) is 9.00. The molecule has 3 rings (SSSR count). The Labute approximate surface area is 197 Å². The highest BCUT2D eigenvalue weighted by molar-refractivity contribution is 7.99. The lowest BCUT2D eigenvalue weighted by Crippen LogP contribution is -2.28. The monoisotopic (exact) mass is 471 g/mol. The first-order chi connectivity index (χ1) is 15.6. The number of hydrogen-bond donors (Lipinski definition) is 5. The molecule has 2 aromatic carbocycles. The van der Waals surface area contributed by atoms with Gasteiger partial charge in [0.2, 0.25) is 0 Å². The number of aryl methyl sites for hydroxylation is 1. The van der Waals surface area contributed by atoms with Crippen LogP contribution in [0.25, 0.3) is 0 Å². The van der Waals surface area contributed by atoms with Crippen LogP contribution in [0.15, 0.2) is 42.2 Å². The van der Waals surface area contributed by atoms with Crippen LogP contribution in [0.4, 0.5) is 17.1 Å². The van der Waals surface area contributed by atoms with E-state index in [0.717, 1.165) is 40.9 Å². The molecule has 1 fully saturated rings. The fourth-order valence-corrected chi connectivity index (χ4v) is 3.82. The molecule has 33 heavy (non-hydrogen) atoms. The zero-order valence-electron chi connectivity index (χ0n) is 19.1. The molecule has 0 radical (unpaired) electrons. The van der Waals surface area contributed by atoms with Crippen LogP contribution in [0.5, 0.6) is 5.75 Å². The first kappa shape index (κ1) is 24.3. The van der Waals surface area contributed by atoms with Gasteiger partial charge in [0, 0.05) is 11.8 Å². The smallest absolute Gasteiger partial charge is 0.353 e. The number of amides is 1. The standard InChI is InChI=1S/C23H29N5O4S/c1-13-5-6-14(9-19(13)28(25)12-16(24)22(30)31)21(29)26-17-10-15(23(2)7-8-23)11-18(27-33-4)20(17)32-3/h5-6,9-12,27H,7-8,24-25H2,1-4H3,(H,26,29)(H,30,31)/b16-12-. The number of carbonyl (C=O) groups is 2. The molecule has 1 amide bonds. The maximum absolute atomic E-state index is 13.2. The third-order valence-electron chi connectivity index (χ3n) is 5.72. The van der Waals surface area contributed by atoms with Crippen molar-refractivity contribution in [1.29, 1.82) is 0 Å². The van der Waals surface area contributed by atoms with Gasteiger partial charge in [-0.2, -0.15) is 0 Å². The first-order valence-electron chi connectivity index (χ1n) is 10.3. The number of hydrogen-bond acceptors (Lipinski definition) is 8. The van der Waals surface area contributed by atoms with E-state index in [-0.39, 0.29) is 11.3 Å². The minimum Gasteiger partial charge on any atom is -0.492 e. The van der Waals surface area contributed by atoms with E-state index in [2.05, 4.69) is 23.0 Å². The predicted molar refractivity (Wildman–Crippen MR) is 132 cm³/mol. The average Bonchev–Trinajstić information content (AvgIpc) is 3.52. The molecule has 0 spiro atoms. The summed E-state index contributed by atoms with van der Waals surface area (Å²) in [5.74, 6) is 4.87. The molecule has 176 valence electrons. The SMILES string of the molecule is COc1c(NSC)cc(C2(C)CC2)cc1NC(=O)c1ccc(C)c(N(N)/C=C(\N)C(=O)O)c1. The van der Waals surface area contributed by atoms with E-state index in [0.29, 0.717) is 22.7 Å². The third-order valence-corrected chi connectivity index (χ3v) is 6.15. The van der Waals surface area contributed by atoms with E-state index in [1.165, 1.54) is 11.9 Å². The van der Waals surface area contributed by atoms with Crippen LogP contribution < -0.4 is 31.4 Å². The molecule has 1 aliphatic carbocycles. The number of carboxylic acid groups (broad SMARTS) is 1. The third kappa shape index (κ3) is 5.35. The summed E-state index contributed by atoms with van der Waals surface area (Å²) in [7, 11) is 1.56. The Morgan fingerprint density at radius 3 is 2.48 bits per heavy atom. The maximum Gasteiger partial charge on any atom is 0.353 e. The van der Waals surface area contributed by atoms with Crippen LogP contribution >= 0.6 is 11.9 Å². The van der Waals surface area contributed by atoms with Crippen LogP contribution in [-0.4, -0.2) is 30.3 Å². The van der Waals surface area contributed by atoms with Crippen molar-refractivity contribution in [3.8, 4) is 5.75 Å². The molecule has 0 unspecified atom stereocenters. The highest BCUT2D eigenvalue weighted by Crippen LogP contribution is 2.51. The summed E-state index contributed by atoms with van der Waals surface area (Å²) in [6.45, 7) is 3.99. The van der Waals surface area contributed by atoms with Crippen molar-refractivity contribution in [1.82, 2.24) is 0 Å². The minimum atomic E-state index is -1.29. The second kappa shape index (κ2) is 9.63. The van der Waals surface area contributed by atoms with E-state index in [1.807, 2.05) is 12.3 Å². The second-order valence-electron chi connectivity index (χ2n) is 8.22. The average molecular weight is 472 g/mol. The van der Waals surface area contributed by atoms with Crippen molar-refractivity contribution in [3.63, 3.8) is 0 Å². The molecule has 10 heteroatoms. The van der Waals surface area contributed by atoms with Gasteiger partial charge in [0.25, 0.3) is 5.91 Å². The molecule has 0 atom stereocenters. The van der Waals surface area contributed by atoms with Crippen LogP contribution in [0.2, 0.25) is 0 Å². The van der Waals surface area contributed by atoms with Gasteiger partial charge in [0.15, 0.2) is 5.75 Å². The van der Waals surface area contributed by atoms with E-state index < -0.39 is 11.7 Å². The second-order valence-corrected chi connectivity index (χ2v) is 8.84. The molecule has 9 nitrogen and oxygen atoms in total. The highest BCUT2D eigenvalue weighted by atomic mass is 32.2. The summed E-state index contributed by atoms with van der Waals surface area (Å²) in [6.07, 6.45) is 5.19. The van der Waals surface area contributed by atoms with Gasteiger partial charge in [-0.3, -0.25) is 9.80 Å². The summed E-state index contributed by atoms with van der Waals surface area (Å²) in [5.41, 5.74) is 9.16. The normalized spacial score (nSPS) is 14.4. The number of carboxylic acids is 1. The summed E-state index contributed by atoms with van der Waals surface area (Å²) >= 11 is 1.44. The minimum absolute atomic E-state index is 0.0913. The Balaban J connectivity index is 1.95. The van der Waals surface area contributed by atoms with Crippen molar-refractivity contribution >= 4 is 40.9 Å². The number of benzene rings is 2. The van der Waals surface area contributed by atoms with Gasteiger partial charge >= 0.3 is 5.97 Å². The summed E-state index contributed by atoms with van der Waals surface area (Å²) < 4.78 is 8.84. The number of nitrogens with two attached hydrogens (primary N) is 2. The zero-order chi connectivity index (χ0) is 24.3. The number of hydrazine groups is 1. The lowest BCUT2D eigenvalue weighted by molar-refractivity contribution is -0.132. The van der Waals surface area contributed by atoms with Crippen molar-refractivity contribution in [3.05, 3.63) is 58.9 Å². The van der Waals surface area contributed by atoms with Gasteiger partial charge in [-0.1, -0.05) is 24.9 Å². The van der Waals surface area contributed by atoms with Crippen molar-refractivity contribution in [2.24, 2.45) is 11.6 Å². The fraction of sp³-hybridized carbons (Fsp3) is 0.304. The zero-order valence-corrected chi connectivity index (χ0v) is 19.9. The summed E-state index contributed by atoms with van der Waals surface area (Å²) in [5, 5.41) is 13.0. The van der Waals surface area contributed by atoms with E-state index in [1.54, 1.807) is 32.2 Å². The largest absolute Gasteiger partial charge is 0.492 e. The molecule has 1 aliphatic rings. The van der Waals surface area contributed by atoms with Crippen LogP contribution in [-0.2, 0) is 10.2 Å². The number of nitrogens with zero attached hydrogens (tertiary/aromatic N) is 1. The summed E-state index contributed by atoms with van der Waals surface area (Å²) in [4.78, 5) is 24.2. The predicted octanol–water partition coefficient (Wildman–Crippen LogP) is 3.56. The van der Waals surface area contributed by atoms with Gasteiger partial charge in [-0.15, -0.1) is 0 Å². The van der Waals surface area contributed by atoms with Gasteiger partial charge < -0.3 is 25.6 Å². The fourth-order valence-electron chi connectivity index (χ4n) is 3.45. The molecule has 0 heterocycles. The van der Waals surface area contributed by atoms with Gasteiger partial charge in [-0.25, -0.2) is 10.6 Å². The molecule has 0 aliphatic heterocycles. The highest BCUT2D eigenvalue weighted by Gasteiger charge is 2.40. The van der Waals surface area contributed by atoms with Gasteiger partial charge in [0.05, 0.1) is 30.4 Å². The van der Waals surface area contributed by atoms with Crippen molar-refractivity contribution < 1.29 is 19.4 Å². The number of anilines is 3. The molecule has 0 saturated heterocycles. The lowest BCUT2D eigenvalue weighted by Gasteiger charge is -2.20. The van der Waals surface area contributed by atoms with Crippen LogP contribution in [0.1, 0.15) is 41.3 Å². The quantitative estimate of drug-likeness (QED) is 0.160. The molecule has 1 saturated carbocycles. The van der Waals surface area contributed by atoms with Crippen LogP contribution in [0.3, 0.4) is 0 Å². The van der Waals surface area contributed by atoms with E-state index in [4.69, 9.17) is 21.4 Å². The Morgan fingerprint density at radius 2 is 1.91 bits per heavy atom. The topological polar surface area (TPSA) is 143 Å². The Hall–Kier alpha value is -3.37. The van der Waals surface area contributed by atoms with Gasteiger partial charge in [-0.05, 0) is 60.6 Å². The first-order valence-corrected chi connectivity index (χ1v) is 11.5. The lowest BCUT2D eigenvalue weighted by atomic mass is 9.96. The number of rotatable bonds is 9. The number of nitrogens with one attached hydrogen (secondary N) is 2. The molecule has 0 bridgehead atoms. The number of ether oxygens (including phenoxy) is 1. The van der Waals surface area contributed by atoms with Gasteiger partial charge in [0.1, 0.15) is 5.70 Å². The molecule has 0 aromatic heterocycles.